The average molecular weight is 345 g/mol. The second-order valence-corrected chi connectivity index (χ2v) is 5.74. The van der Waals surface area contributed by atoms with Gasteiger partial charge in [-0.15, -0.1) is 0 Å². The molecule has 0 aromatic heterocycles. The van der Waals surface area contributed by atoms with Gasteiger partial charge in [-0.3, -0.25) is 9.69 Å². The number of aliphatic imine (C=N–C) groups is 1. The first-order chi connectivity index (χ1) is 11.8. The molecule has 130 valence electrons. The smallest absolute Gasteiger partial charge is 0.266 e. The molecule has 1 amide bonds. The van der Waals surface area contributed by atoms with Gasteiger partial charge in [0, 0.05) is 14.0 Å². The number of ether oxygens (including phenoxy) is 1. The maximum atomic E-state index is 13.8. The van der Waals surface area contributed by atoms with Gasteiger partial charge in [0.15, 0.2) is 11.5 Å². The minimum Gasteiger partial charge on any atom is -0.461 e. The van der Waals surface area contributed by atoms with Crippen molar-refractivity contribution in [2.24, 2.45) is 10.7 Å². The van der Waals surface area contributed by atoms with Crippen molar-refractivity contribution in [3.05, 3.63) is 65.5 Å². The van der Waals surface area contributed by atoms with E-state index in [-0.39, 0.29) is 5.96 Å². The summed E-state index contributed by atoms with van der Waals surface area (Å²) in [5, 5.41) is 0. The van der Waals surface area contributed by atoms with Gasteiger partial charge in [0.1, 0.15) is 11.6 Å². The molecule has 0 aliphatic carbocycles. The van der Waals surface area contributed by atoms with Crippen LogP contribution >= 0.6 is 0 Å². The first-order valence-electron chi connectivity index (χ1n) is 7.65. The molecule has 2 aromatic carbocycles. The highest BCUT2D eigenvalue weighted by atomic mass is 19.1. The number of hydrogen-bond donors (Lipinski definition) is 1. The third-order valence-electron chi connectivity index (χ3n) is 4.05. The molecule has 1 aliphatic rings. The van der Waals surface area contributed by atoms with Gasteiger partial charge in [-0.1, -0.05) is 24.3 Å². The monoisotopic (exact) mass is 345 g/mol. The Morgan fingerprint density at radius 1 is 1.20 bits per heavy atom. The summed E-state index contributed by atoms with van der Waals surface area (Å²) in [6, 6.07) is 11.9. The molecule has 3 rings (SSSR count). The molecule has 25 heavy (non-hydrogen) atoms. The summed E-state index contributed by atoms with van der Waals surface area (Å²) in [5.74, 6) is -0.543. The van der Waals surface area contributed by atoms with E-state index < -0.39 is 23.6 Å². The van der Waals surface area contributed by atoms with E-state index in [1.165, 1.54) is 49.2 Å². The summed E-state index contributed by atoms with van der Waals surface area (Å²) in [5.41, 5.74) is 5.19. The lowest BCUT2D eigenvalue weighted by Crippen LogP contribution is -2.41. The molecule has 1 aliphatic heterocycles. The molecule has 1 heterocycles. The third-order valence-corrected chi connectivity index (χ3v) is 4.05. The van der Waals surface area contributed by atoms with Crippen LogP contribution in [0.4, 0.5) is 8.78 Å². The third kappa shape index (κ3) is 2.82. The van der Waals surface area contributed by atoms with Gasteiger partial charge in [0.2, 0.25) is 6.36 Å². The van der Waals surface area contributed by atoms with E-state index in [0.717, 1.165) is 0 Å². The number of alkyl halides is 1. The Morgan fingerprint density at radius 3 is 2.40 bits per heavy atom. The van der Waals surface area contributed by atoms with E-state index in [0.29, 0.717) is 16.9 Å². The van der Waals surface area contributed by atoms with E-state index >= 15 is 0 Å². The lowest BCUT2D eigenvalue weighted by Gasteiger charge is -2.26. The van der Waals surface area contributed by atoms with Gasteiger partial charge in [-0.05, 0) is 35.4 Å². The lowest BCUT2D eigenvalue weighted by atomic mass is 9.83. The number of guanidine groups is 1. The number of hydrogen-bond acceptors (Lipinski definition) is 4. The Labute approximate surface area is 143 Å². The van der Waals surface area contributed by atoms with Gasteiger partial charge >= 0.3 is 0 Å². The average Bonchev–Trinajstić information content (AvgIpc) is 2.80. The van der Waals surface area contributed by atoms with Crippen molar-refractivity contribution < 1.29 is 18.3 Å². The van der Waals surface area contributed by atoms with Crippen molar-refractivity contribution in [1.82, 2.24) is 4.90 Å². The van der Waals surface area contributed by atoms with Gasteiger partial charge in [0.05, 0.1) is 0 Å². The second kappa shape index (κ2) is 6.16. The largest absolute Gasteiger partial charge is 0.461 e. The summed E-state index contributed by atoms with van der Waals surface area (Å²) in [6.07, 6.45) is -1.46. The Kier molecular flexibility index (Phi) is 4.16. The van der Waals surface area contributed by atoms with Crippen molar-refractivity contribution >= 4 is 11.9 Å². The summed E-state index contributed by atoms with van der Waals surface area (Å²) in [7, 11) is 1.50. The Hall–Kier alpha value is -2.96. The van der Waals surface area contributed by atoms with Crippen molar-refractivity contribution in [3.63, 3.8) is 0 Å². The van der Waals surface area contributed by atoms with Crippen LogP contribution in [0.25, 0.3) is 0 Å². The molecular weight excluding hydrogens is 328 g/mol. The minimum absolute atomic E-state index is 0.0342. The van der Waals surface area contributed by atoms with Crippen LogP contribution in [0.2, 0.25) is 0 Å². The first kappa shape index (κ1) is 16.9. The summed E-state index contributed by atoms with van der Waals surface area (Å²) >= 11 is 0. The quantitative estimate of drug-likeness (QED) is 0.926. The molecule has 5 nitrogen and oxygen atoms in total. The van der Waals surface area contributed by atoms with Crippen LogP contribution in [-0.2, 0) is 10.3 Å². The molecule has 0 fully saturated rings. The molecule has 0 saturated heterocycles. The molecule has 2 unspecified atom stereocenters. The maximum absolute atomic E-state index is 13.8. The van der Waals surface area contributed by atoms with Crippen LogP contribution in [-0.4, -0.2) is 30.2 Å². The summed E-state index contributed by atoms with van der Waals surface area (Å²) in [6.45, 7) is 1.27. The number of rotatable bonds is 4. The molecule has 0 spiro atoms. The van der Waals surface area contributed by atoms with Crippen LogP contribution in [0.5, 0.6) is 5.75 Å². The topological polar surface area (TPSA) is 67.9 Å². The van der Waals surface area contributed by atoms with E-state index in [1.54, 1.807) is 18.2 Å². The van der Waals surface area contributed by atoms with Gasteiger partial charge in [0.25, 0.3) is 5.91 Å². The van der Waals surface area contributed by atoms with Gasteiger partial charge < -0.3 is 10.5 Å². The van der Waals surface area contributed by atoms with Crippen LogP contribution < -0.4 is 10.5 Å². The number of carbonyl (C=O) groups is 1. The van der Waals surface area contributed by atoms with E-state index in [9.17, 15) is 13.6 Å². The highest BCUT2D eigenvalue weighted by Gasteiger charge is 2.49. The number of likely N-dealkylation sites (N-methyl/N-ethyl adjacent to an activating group) is 1. The number of carbonyl (C=O) groups excluding carboxylic acids is 1. The SMILES string of the molecule is CC(F)Oc1ccc(C2(c3cccc(F)c3)N=C(N)N(C)C2=O)cc1. The summed E-state index contributed by atoms with van der Waals surface area (Å²) in [4.78, 5) is 18.5. The summed E-state index contributed by atoms with van der Waals surface area (Å²) < 4.78 is 31.7. The zero-order chi connectivity index (χ0) is 18.2. The maximum Gasteiger partial charge on any atom is 0.266 e. The predicted molar refractivity (Wildman–Crippen MR) is 89.2 cm³/mol. The van der Waals surface area contributed by atoms with E-state index in [2.05, 4.69) is 4.99 Å². The molecule has 2 N–H and O–H groups in total. The highest BCUT2D eigenvalue weighted by Crippen LogP contribution is 2.40. The zero-order valence-electron chi connectivity index (χ0n) is 13.7. The first-order valence-corrected chi connectivity index (χ1v) is 7.65. The Balaban J connectivity index is 2.15. The van der Waals surface area contributed by atoms with Crippen LogP contribution in [0.3, 0.4) is 0 Å². The fourth-order valence-corrected chi connectivity index (χ4v) is 2.86. The predicted octanol–water partition coefficient (Wildman–Crippen LogP) is 2.55. The van der Waals surface area contributed by atoms with E-state index in [1.807, 2.05) is 0 Å². The van der Waals surface area contributed by atoms with Crippen molar-refractivity contribution in [2.45, 2.75) is 18.8 Å². The molecule has 2 atom stereocenters. The van der Waals surface area contributed by atoms with Crippen molar-refractivity contribution in [3.8, 4) is 5.75 Å². The molecule has 0 radical (unpaired) electrons. The highest BCUT2D eigenvalue weighted by molar-refractivity contribution is 6.08. The number of nitrogens with two attached hydrogens (primary N) is 1. The zero-order valence-corrected chi connectivity index (χ0v) is 13.7. The van der Waals surface area contributed by atoms with Gasteiger partial charge in [-0.25, -0.2) is 13.8 Å². The number of nitrogens with zero attached hydrogens (tertiary/aromatic N) is 2. The van der Waals surface area contributed by atoms with Crippen LogP contribution in [0.1, 0.15) is 18.1 Å². The second-order valence-electron chi connectivity index (χ2n) is 5.74. The minimum atomic E-state index is -1.49. The molecule has 0 saturated carbocycles. The fourth-order valence-electron chi connectivity index (χ4n) is 2.86. The Bertz CT molecular complexity index is 836. The molecule has 0 bridgehead atoms. The van der Waals surface area contributed by atoms with Crippen molar-refractivity contribution in [2.75, 3.05) is 7.05 Å². The van der Waals surface area contributed by atoms with Gasteiger partial charge in [-0.2, -0.15) is 0 Å². The number of benzene rings is 2. The standard InChI is InChI=1S/C18H17F2N3O2/c1-11(19)25-15-8-6-12(7-9-15)18(13-4-3-5-14(20)10-13)16(24)23(2)17(21)22-18/h3-11H,1-2H3,(H2,21,22). The van der Waals surface area contributed by atoms with Crippen molar-refractivity contribution in [1.29, 1.82) is 0 Å². The molecule has 2 aromatic rings. The van der Waals surface area contributed by atoms with Crippen LogP contribution in [0.15, 0.2) is 53.5 Å². The molecular formula is C18H17F2N3O2. The van der Waals surface area contributed by atoms with Crippen LogP contribution in [0, 0.1) is 5.82 Å². The number of halogens is 2. The molecule has 7 heteroatoms. The fraction of sp³-hybridized carbons (Fsp3) is 0.222. The van der Waals surface area contributed by atoms with E-state index in [4.69, 9.17) is 10.5 Å². The lowest BCUT2D eigenvalue weighted by molar-refractivity contribution is -0.129. The Morgan fingerprint density at radius 2 is 1.88 bits per heavy atom. The normalized spacial score (nSPS) is 21.2. The number of amides is 1.